The molecule has 0 unspecified atom stereocenters. The first-order valence-electron chi connectivity index (χ1n) is 8.66. The third kappa shape index (κ3) is 4.27. The average Bonchev–Trinajstić information content (AvgIpc) is 2.63. The SMILES string of the molecule is CCCCCn1c(SCc2ccc(F)cc2Cl)nc2ccccc2c1=O. The van der Waals surface area contributed by atoms with Gasteiger partial charge >= 0.3 is 0 Å². The zero-order valence-corrected chi connectivity index (χ0v) is 16.1. The van der Waals surface area contributed by atoms with Gasteiger partial charge in [0, 0.05) is 17.3 Å². The number of fused-ring (bicyclic) bond motifs is 1. The van der Waals surface area contributed by atoms with E-state index in [0.29, 0.717) is 33.4 Å². The van der Waals surface area contributed by atoms with Crippen molar-refractivity contribution in [1.29, 1.82) is 0 Å². The number of aromatic nitrogens is 2. The molecule has 0 aliphatic carbocycles. The second kappa shape index (κ2) is 8.69. The molecule has 0 spiro atoms. The van der Waals surface area contributed by atoms with Crippen LogP contribution < -0.4 is 5.56 Å². The summed E-state index contributed by atoms with van der Waals surface area (Å²) >= 11 is 7.57. The molecule has 136 valence electrons. The number of hydrogen-bond acceptors (Lipinski definition) is 3. The summed E-state index contributed by atoms with van der Waals surface area (Å²) < 4.78 is 15.0. The van der Waals surface area contributed by atoms with Gasteiger partial charge in [0.15, 0.2) is 5.16 Å². The van der Waals surface area contributed by atoms with Gasteiger partial charge in [-0.1, -0.05) is 61.3 Å². The van der Waals surface area contributed by atoms with Gasteiger partial charge in [0.25, 0.3) is 5.56 Å². The Kier molecular flexibility index (Phi) is 6.33. The summed E-state index contributed by atoms with van der Waals surface area (Å²) in [4.78, 5) is 17.6. The van der Waals surface area contributed by atoms with Crippen LogP contribution in [0.5, 0.6) is 0 Å². The molecular formula is C20H20ClFN2OS. The van der Waals surface area contributed by atoms with Crippen LogP contribution in [0, 0.1) is 5.82 Å². The van der Waals surface area contributed by atoms with E-state index in [1.54, 1.807) is 10.6 Å². The van der Waals surface area contributed by atoms with Crippen LogP contribution in [0.4, 0.5) is 4.39 Å². The maximum Gasteiger partial charge on any atom is 0.262 e. The fourth-order valence-electron chi connectivity index (χ4n) is 2.76. The van der Waals surface area contributed by atoms with Gasteiger partial charge in [0.1, 0.15) is 5.82 Å². The summed E-state index contributed by atoms with van der Waals surface area (Å²) in [6, 6.07) is 11.8. The summed E-state index contributed by atoms with van der Waals surface area (Å²) in [6.45, 7) is 2.78. The Bertz CT molecular complexity index is 974. The monoisotopic (exact) mass is 390 g/mol. The Morgan fingerprint density at radius 3 is 2.77 bits per heavy atom. The van der Waals surface area contributed by atoms with E-state index < -0.39 is 0 Å². The Morgan fingerprint density at radius 2 is 2.00 bits per heavy atom. The highest BCUT2D eigenvalue weighted by molar-refractivity contribution is 7.98. The number of para-hydroxylation sites is 1. The lowest BCUT2D eigenvalue weighted by molar-refractivity contribution is 0.541. The van der Waals surface area contributed by atoms with E-state index in [2.05, 4.69) is 11.9 Å². The van der Waals surface area contributed by atoms with Gasteiger partial charge in [0.05, 0.1) is 10.9 Å². The van der Waals surface area contributed by atoms with Crippen molar-refractivity contribution in [2.75, 3.05) is 0 Å². The summed E-state index contributed by atoms with van der Waals surface area (Å²) in [7, 11) is 0. The van der Waals surface area contributed by atoms with Crippen molar-refractivity contribution in [2.24, 2.45) is 0 Å². The Hall–Kier alpha value is -1.85. The van der Waals surface area contributed by atoms with Crippen LogP contribution in [0.3, 0.4) is 0 Å². The fourth-order valence-corrected chi connectivity index (χ4v) is 4.10. The number of unbranched alkanes of at least 4 members (excludes halogenated alkanes) is 2. The normalized spacial score (nSPS) is 11.2. The lowest BCUT2D eigenvalue weighted by Crippen LogP contribution is -2.23. The van der Waals surface area contributed by atoms with E-state index in [9.17, 15) is 9.18 Å². The van der Waals surface area contributed by atoms with E-state index >= 15 is 0 Å². The van der Waals surface area contributed by atoms with Crippen LogP contribution in [0.15, 0.2) is 52.4 Å². The zero-order valence-electron chi connectivity index (χ0n) is 14.5. The van der Waals surface area contributed by atoms with E-state index in [-0.39, 0.29) is 11.4 Å². The minimum absolute atomic E-state index is 0.0144. The topological polar surface area (TPSA) is 34.9 Å². The zero-order chi connectivity index (χ0) is 18.5. The minimum Gasteiger partial charge on any atom is -0.287 e. The number of hydrogen-bond donors (Lipinski definition) is 0. The molecule has 0 N–H and O–H groups in total. The Labute approximate surface area is 161 Å². The molecule has 6 heteroatoms. The molecule has 0 bridgehead atoms. The van der Waals surface area contributed by atoms with Crippen molar-refractivity contribution in [3.8, 4) is 0 Å². The van der Waals surface area contributed by atoms with E-state index in [4.69, 9.17) is 11.6 Å². The number of benzene rings is 2. The molecule has 3 rings (SSSR count). The van der Waals surface area contributed by atoms with Gasteiger partial charge in [-0.2, -0.15) is 0 Å². The van der Waals surface area contributed by atoms with Gasteiger partial charge in [-0.3, -0.25) is 9.36 Å². The highest BCUT2D eigenvalue weighted by Gasteiger charge is 2.12. The smallest absolute Gasteiger partial charge is 0.262 e. The van der Waals surface area contributed by atoms with E-state index in [1.165, 1.54) is 23.9 Å². The molecule has 1 aromatic heterocycles. The van der Waals surface area contributed by atoms with Crippen LogP contribution in [0.25, 0.3) is 10.9 Å². The minimum atomic E-state index is -0.357. The molecule has 0 atom stereocenters. The molecule has 0 radical (unpaired) electrons. The van der Waals surface area contributed by atoms with Crippen molar-refractivity contribution >= 4 is 34.3 Å². The van der Waals surface area contributed by atoms with Crippen LogP contribution in [-0.2, 0) is 12.3 Å². The van der Waals surface area contributed by atoms with Crippen molar-refractivity contribution in [3.05, 3.63) is 69.2 Å². The first-order valence-corrected chi connectivity index (χ1v) is 10.0. The van der Waals surface area contributed by atoms with Crippen molar-refractivity contribution in [2.45, 2.75) is 43.6 Å². The number of rotatable bonds is 7. The highest BCUT2D eigenvalue weighted by atomic mass is 35.5. The lowest BCUT2D eigenvalue weighted by Gasteiger charge is -2.13. The summed E-state index contributed by atoms with van der Waals surface area (Å²) in [5, 5.41) is 1.69. The molecule has 3 nitrogen and oxygen atoms in total. The Balaban J connectivity index is 1.94. The molecule has 0 saturated heterocycles. The summed E-state index contributed by atoms with van der Waals surface area (Å²) in [5.41, 5.74) is 1.50. The maximum absolute atomic E-state index is 13.2. The first kappa shape index (κ1) is 18.9. The van der Waals surface area contributed by atoms with Gasteiger partial charge in [0.2, 0.25) is 0 Å². The van der Waals surface area contributed by atoms with Gasteiger partial charge in [-0.15, -0.1) is 0 Å². The quantitative estimate of drug-likeness (QED) is 0.296. The van der Waals surface area contributed by atoms with Crippen molar-refractivity contribution in [3.63, 3.8) is 0 Å². The van der Waals surface area contributed by atoms with E-state index in [1.807, 2.05) is 24.3 Å². The van der Waals surface area contributed by atoms with Gasteiger partial charge in [-0.25, -0.2) is 9.37 Å². The fraction of sp³-hybridized carbons (Fsp3) is 0.300. The third-order valence-electron chi connectivity index (χ3n) is 4.18. The van der Waals surface area contributed by atoms with Gasteiger partial charge in [-0.05, 0) is 36.2 Å². The van der Waals surface area contributed by atoms with E-state index in [0.717, 1.165) is 24.8 Å². The molecule has 0 fully saturated rings. The van der Waals surface area contributed by atoms with Crippen LogP contribution in [0.1, 0.15) is 31.7 Å². The number of nitrogens with zero attached hydrogens (tertiary/aromatic N) is 2. The Morgan fingerprint density at radius 1 is 1.19 bits per heavy atom. The average molecular weight is 391 g/mol. The standard InChI is InChI=1S/C20H20ClFN2OS/c1-2-3-6-11-24-19(25)16-7-4-5-8-18(16)23-20(24)26-13-14-9-10-15(22)12-17(14)21/h4-5,7-10,12H,2-3,6,11,13H2,1H3. The first-order chi connectivity index (χ1) is 12.6. The summed E-state index contributed by atoms with van der Waals surface area (Å²) in [5.74, 6) is 0.168. The molecule has 0 aliphatic rings. The van der Waals surface area contributed by atoms with Crippen molar-refractivity contribution in [1.82, 2.24) is 9.55 Å². The predicted octanol–water partition coefficient (Wildman–Crippen LogP) is 5.67. The molecule has 0 aliphatic heterocycles. The molecule has 3 aromatic rings. The number of halogens is 2. The highest BCUT2D eigenvalue weighted by Crippen LogP contribution is 2.27. The molecule has 26 heavy (non-hydrogen) atoms. The molecule has 0 saturated carbocycles. The lowest BCUT2D eigenvalue weighted by atomic mass is 10.2. The third-order valence-corrected chi connectivity index (χ3v) is 5.56. The second-order valence-corrected chi connectivity index (χ2v) is 7.45. The molecule has 2 aromatic carbocycles. The van der Waals surface area contributed by atoms with Gasteiger partial charge < -0.3 is 0 Å². The molecule has 0 amide bonds. The van der Waals surface area contributed by atoms with Crippen LogP contribution >= 0.6 is 23.4 Å². The van der Waals surface area contributed by atoms with Crippen LogP contribution in [-0.4, -0.2) is 9.55 Å². The van der Waals surface area contributed by atoms with Crippen LogP contribution in [0.2, 0.25) is 5.02 Å². The largest absolute Gasteiger partial charge is 0.287 e. The summed E-state index contributed by atoms with van der Waals surface area (Å²) in [6.07, 6.45) is 3.08. The maximum atomic E-state index is 13.2. The molecular weight excluding hydrogens is 371 g/mol. The number of thioether (sulfide) groups is 1. The second-order valence-electron chi connectivity index (χ2n) is 6.10. The van der Waals surface area contributed by atoms with Crippen molar-refractivity contribution < 1.29 is 4.39 Å². The predicted molar refractivity (Wildman–Crippen MR) is 106 cm³/mol. The molecule has 1 heterocycles.